The highest BCUT2D eigenvalue weighted by molar-refractivity contribution is 6.02. The Morgan fingerprint density at radius 2 is 0.862 bits per heavy atom. The third kappa shape index (κ3) is 5.70. The second-order valence-corrected chi connectivity index (χ2v) is 7.73. The molecule has 0 saturated heterocycles. The number of rotatable bonds is 0. The molecule has 0 radical (unpaired) electrons. The van der Waals surface area contributed by atoms with Gasteiger partial charge in [0.25, 0.3) is 0 Å². The number of hydrogen-bond donors (Lipinski definition) is 4. The number of pyridine rings is 2. The number of benzene rings is 1. The predicted molar refractivity (Wildman–Crippen MR) is 120 cm³/mol. The number of nitrogens with one attached hydrogen (secondary N) is 4. The molecule has 1 aliphatic heterocycles. The van der Waals surface area contributed by atoms with E-state index in [1.165, 1.54) is 6.42 Å². The third-order valence-electron chi connectivity index (χ3n) is 5.37. The van der Waals surface area contributed by atoms with Crippen molar-refractivity contribution in [2.45, 2.75) is 32.4 Å². The van der Waals surface area contributed by atoms with Crippen LogP contribution < -0.4 is 21.3 Å². The number of fused-ring (bicyclic) bond motifs is 2. The van der Waals surface area contributed by atoms with Crippen LogP contribution in [0.2, 0.25) is 0 Å². The maximum atomic E-state index is 4.94. The molecular weight excluding hydrogens is 360 g/mol. The maximum Gasteiger partial charge on any atom is 0.0968 e. The molecule has 4 N–H and O–H groups in total. The van der Waals surface area contributed by atoms with Gasteiger partial charge in [0.15, 0.2) is 0 Å². The number of nitrogens with zero attached hydrogens (tertiary/aromatic N) is 2. The summed E-state index contributed by atoms with van der Waals surface area (Å²) in [6.07, 6.45) is 3.42. The van der Waals surface area contributed by atoms with Gasteiger partial charge in [-0.3, -0.25) is 0 Å². The largest absolute Gasteiger partial charge is 0.317 e. The van der Waals surface area contributed by atoms with Crippen molar-refractivity contribution >= 4 is 21.8 Å². The van der Waals surface area contributed by atoms with Crippen molar-refractivity contribution in [3.8, 4) is 0 Å². The van der Waals surface area contributed by atoms with Crippen LogP contribution in [0.3, 0.4) is 0 Å². The van der Waals surface area contributed by atoms with Gasteiger partial charge < -0.3 is 21.3 Å². The van der Waals surface area contributed by atoms with Crippen molar-refractivity contribution < 1.29 is 0 Å². The molecule has 3 aromatic rings. The molecule has 4 rings (SSSR count). The second-order valence-electron chi connectivity index (χ2n) is 7.73. The SMILES string of the molecule is c1cc2ccc3ccc4nc3c2nc1CNCCCNCCCNCCCNC4. The van der Waals surface area contributed by atoms with Crippen LogP contribution in [0.1, 0.15) is 30.7 Å². The summed E-state index contributed by atoms with van der Waals surface area (Å²) >= 11 is 0. The second kappa shape index (κ2) is 10.6. The van der Waals surface area contributed by atoms with Gasteiger partial charge in [0.1, 0.15) is 0 Å². The summed E-state index contributed by atoms with van der Waals surface area (Å²) in [5.74, 6) is 0. The molecule has 1 aromatic carbocycles. The summed E-state index contributed by atoms with van der Waals surface area (Å²) in [7, 11) is 0. The van der Waals surface area contributed by atoms with Crippen molar-refractivity contribution in [3.63, 3.8) is 0 Å². The lowest BCUT2D eigenvalue weighted by Crippen LogP contribution is -2.26. The predicted octanol–water partition coefficient (Wildman–Crippen LogP) is 2.33. The molecule has 29 heavy (non-hydrogen) atoms. The van der Waals surface area contributed by atoms with Crippen LogP contribution in [0.5, 0.6) is 0 Å². The van der Waals surface area contributed by atoms with Gasteiger partial charge in [-0.1, -0.05) is 24.3 Å². The van der Waals surface area contributed by atoms with E-state index < -0.39 is 0 Å². The molecule has 0 fully saturated rings. The molecule has 154 valence electrons. The zero-order valence-corrected chi connectivity index (χ0v) is 17.1. The molecule has 6 heteroatoms. The summed E-state index contributed by atoms with van der Waals surface area (Å²) in [5, 5.41) is 16.4. The number of aromatic nitrogens is 2. The first-order valence-electron chi connectivity index (χ1n) is 10.9. The molecule has 1 aliphatic rings. The van der Waals surface area contributed by atoms with E-state index in [9.17, 15) is 0 Å². The first-order chi connectivity index (χ1) is 14.4. The molecule has 0 spiro atoms. The van der Waals surface area contributed by atoms with Gasteiger partial charge >= 0.3 is 0 Å². The zero-order chi connectivity index (χ0) is 19.7. The van der Waals surface area contributed by atoms with Crippen LogP contribution >= 0.6 is 0 Å². The Bertz CT molecular complexity index is 851. The Morgan fingerprint density at radius 3 is 1.31 bits per heavy atom. The summed E-state index contributed by atoms with van der Waals surface area (Å²) < 4.78 is 0. The smallest absolute Gasteiger partial charge is 0.0968 e. The van der Waals surface area contributed by atoms with Crippen LogP contribution in [-0.2, 0) is 13.1 Å². The molecular formula is C23H32N6. The van der Waals surface area contributed by atoms with Gasteiger partial charge in [-0.05, 0) is 70.7 Å². The average Bonchev–Trinajstić information content (AvgIpc) is 2.75. The van der Waals surface area contributed by atoms with Gasteiger partial charge in [0, 0.05) is 23.9 Å². The first kappa shape index (κ1) is 20.2. The van der Waals surface area contributed by atoms with Crippen LogP contribution in [0.25, 0.3) is 21.8 Å². The summed E-state index contributed by atoms with van der Waals surface area (Å²) in [5.41, 5.74) is 4.14. The fraction of sp³-hybridized carbons (Fsp3) is 0.478. The highest BCUT2D eigenvalue weighted by Gasteiger charge is 2.07. The van der Waals surface area contributed by atoms with Crippen molar-refractivity contribution in [1.29, 1.82) is 0 Å². The van der Waals surface area contributed by atoms with E-state index in [4.69, 9.17) is 9.97 Å². The molecule has 0 saturated carbocycles. The van der Waals surface area contributed by atoms with Gasteiger partial charge in [-0.15, -0.1) is 0 Å². The minimum atomic E-state index is 0.789. The van der Waals surface area contributed by atoms with Crippen molar-refractivity contribution in [2.75, 3.05) is 39.3 Å². The fourth-order valence-electron chi connectivity index (χ4n) is 3.74. The van der Waals surface area contributed by atoms with Crippen LogP contribution in [-0.4, -0.2) is 49.2 Å². The van der Waals surface area contributed by atoms with Crippen molar-refractivity contribution in [3.05, 3.63) is 47.8 Å². The van der Waals surface area contributed by atoms with E-state index in [0.29, 0.717) is 0 Å². The average molecular weight is 393 g/mol. The molecule has 3 heterocycles. The fourth-order valence-corrected chi connectivity index (χ4v) is 3.74. The molecule has 0 atom stereocenters. The molecule has 0 amide bonds. The molecule has 0 unspecified atom stereocenters. The number of hydrogen-bond acceptors (Lipinski definition) is 6. The van der Waals surface area contributed by atoms with E-state index in [1.54, 1.807) is 0 Å². The highest BCUT2D eigenvalue weighted by Crippen LogP contribution is 2.23. The minimum absolute atomic E-state index is 0.789. The highest BCUT2D eigenvalue weighted by atomic mass is 14.9. The Labute approximate surface area is 172 Å². The van der Waals surface area contributed by atoms with Gasteiger partial charge in [-0.2, -0.15) is 0 Å². The Hall–Kier alpha value is -2.12. The standard InChI is InChI=1S/C23H32N6/c1-10-24-12-2-14-26-16-20-8-6-18-4-5-19-7-9-21(29-23(19)22(18)28-20)17-27-15-3-13-25-11-1/h4-9,24-27H,1-3,10-17H2. The normalized spacial score (nSPS) is 18.3. The quantitative estimate of drug-likeness (QED) is 0.440. The van der Waals surface area contributed by atoms with E-state index in [2.05, 4.69) is 57.7 Å². The van der Waals surface area contributed by atoms with E-state index in [0.717, 1.165) is 98.4 Å². The molecule has 2 aromatic heterocycles. The lowest BCUT2D eigenvalue weighted by molar-refractivity contribution is 0.550. The van der Waals surface area contributed by atoms with Crippen molar-refractivity contribution in [1.82, 2.24) is 31.2 Å². The van der Waals surface area contributed by atoms with Crippen molar-refractivity contribution in [2.24, 2.45) is 0 Å². The van der Waals surface area contributed by atoms with Gasteiger partial charge in [0.2, 0.25) is 0 Å². The zero-order valence-electron chi connectivity index (χ0n) is 17.1. The van der Waals surface area contributed by atoms with Gasteiger partial charge in [-0.25, -0.2) is 9.97 Å². The lowest BCUT2D eigenvalue weighted by atomic mass is 10.1. The first-order valence-corrected chi connectivity index (χ1v) is 10.9. The minimum Gasteiger partial charge on any atom is -0.317 e. The third-order valence-corrected chi connectivity index (χ3v) is 5.37. The Balaban J connectivity index is 1.54. The van der Waals surface area contributed by atoms with Gasteiger partial charge in [0.05, 0.1) is 22.4 Å². The lowest BCUT2D eigenvalue weighted by Gasteiger charge is -2.09. The molecule has 0 aliphatic carbocycles. The molecule has 6 nitrogen and oxygen atoms in total. The monoisotopic (exact) mass is 392 g/mol. The summed E-state index contributed by atoms with van der Waals surface area (Å²) in [6, 6.07) is 12.8. The Kier molecular flexibility index (Phi) is 7.37. The van der Waals surface area contributed by atoms with Crippen LogP contribution in [0.15, 0.2) is 36.4 Å². The van der Waals surface area contributed by atoms with Crippen LogP contribution in [0, 0.1) is 0 Å². The van der Waals surface area contributed by atoms with E-state index in [1.807, 2.05) is 0 Å². The maximum absolute atomic E-state index is 4.94. The summed E-state index contributed by atoms with van der Waals surface area (Å²) in [4.78, 5) is 9.88. The van der Waals surface area contributed by atoms with Crippen LogP contribution in [0.4, 0.5) is 0 Å². The molecule has 4 bridgehead atoms. The topological polar surface area (TPSA) is 73.9 Å². The Morgan fingerprint density at radius 1 is 0.483 bits per heavy atom. The van der Waals surface area contributed by atoms with E-state index >= 15 is 0 Å². The van der Waals surface area contributed by atoms with E-state index in [-0.39, 0.29) is 0 Å². The summed E-state index contributed by atoms with van der Waals surface area (Å²) in [6.45, 7) is 7.83.